The first-order valence-electron chi connectivity index (χ1n) is 6.09. The van der Waals surface area contributed by atoms with Crippen LogP contribution in [0, 0.1) is 0 Å². The van der Waals surface area contributed by atoms with E-state index in [9.17, 15) is 13.5 Å². The fourth-order valence-corrected chi connectivity index (χ4v) is 4.23. The highest BCUT2D eigenvalue weighted by atomic mass is 32.2. The van der Waals surface area contributed by atoms with Crippen LogP contribution in [-0.2, 0) is 16.3 Å². The number of hydrogen-bond donors (Lipinski definition) is 1. The molecule has 0 aliphatic carbocycles. The average molecular weight is 273 g/mol. The van der Waals surface area contributed by atoms with Gasteiger partial charge in [0.1, 0.15) is 5.76 Å². The van der Waals surface area contributed by atoms with Crippen molar-refractivity contribution in [3.05, 3.63) is 24.2 Å². The fraction of sp³-hybridized carbons (Fsp3) is 0.667. The Bertz CT molecular complexity index is 468. The summed E-state index contributed by atoms with van der Waals surface area (Å²) in [6.45, 7) is 0.748. The van der Waals surface area contributed by atoms with Gasteiger partial charge in [0.15, 0.2) is 9.84 Å². The van der Waals surface area contributed by atoms with Crippen LogP contribution < -0.4 is 0 Å². The van der Waals surface area contributed by atoms with Gasteiger partial charge in [-0.15, -0.1) is 0 Å². The third-order valence-electron chi connectivity index (χ3n) is 3.37. The number of furan rings is 1. The lowest BCUT2D eigenvalue weighted by Crippen LogP contribution is -2.41. The minimum atomic E-state index is -3.07. The molecule has 1 fully saturated rings. The molecular weight excluding hydrogens is 254 g/mol. The average Bonchev–Trinajstić information content (AvgIpc) is 2.86. The molecule has 1 aromatic heterocycles. The minimum Gasteiger partial charge on any atom is -0.469 e. The van der Waals surface area contributed by atoms with Crippen molar-refractivity contribution in [1.29, 1.82) is 0 Å². The van der Waals surface area contributed by atoms with Gasteiger partial charge in [0.05, 0.1) is 29.9 Å². The molecule has 0 amide bonds. The Labute approximate surface area is 107 Å². The van der Waals surface area contributed by atoms with Gasteiger partial charge in [-0.05, 0) is 32.1 Å². The van der Waals surface area contributed by atoms with E-state index >= 15 is 0 Å². The zero-order valence-electron chi connectivity index (χ0n) is 10.4. The number of aryl methyl sites for hydroxylation is 1. The number of hydrogen-bond acceptors (Lipinski definition) is 5. The maximum atomic E-state index is 11.4. The number of likely N-dealkylation sites (N-methyl/N-ethyl adjacent to an activating group) is 1. The van der Waals surface area contributed by atoms with E-state index in [1.807, 2.05) is 24.1 Å². The van der Waals surface area contributed by atoms with Gasteiger partial charge in [-0.3, -0.25) is 4.90 Å². The molecule has 1 N–H and O–H groups in total. The molecule has 2 rings (SSSR count). The van der Waals surface area contributed by atoms with Gasteiger partial charge in [-0.1, -0.05) is 0 Å². The van der Waals surface area contributed by atoms with Gasteiger partial charge in [-0.25, -0.2) is 8.42 Å². The summed E-state index contributed by atoms with van der Waals surface area (Å²) in [6, 6.07) is 3.51. The van der Waals surface area contributed by atoms with Crippen molar-refractivity contribution in [1.82, 2.24) is 4.90 Å². The van der Waals surface area contributed by atoms with Crippen molar-refractivity contribution < 1.29 is 17.9 Å². The molecule has 5 nitrogen and oxygen atoms in total. The van der Waals surface area contributed by atoms with Crippen LogP contribution >= 0.6 is 0 Å². The van der Waals surface area contributed by atoms with Crippen LogP contribution in [0.3, 0.4) is 0 Å². The Morgan fingerprint density at radius 2 is 2.28 bits per heavy atom. The monoisotopic (exact) mass is 273 g/mol. The third kappa shape index (κ3) is 3.34. The summed E-state index contributed by atoms with van der Waals surface area (Å²) >= 11 is 0. The first kappa shape index (κ1) is 13.6. The number of aliphatic hydroxyl groups is 1. The molecule has 6 heteroatoms. The second-order valence-electron chi connectivity index (χ2n) is 4.88. The van der Waals surface area contributed by atoms with Gasteiger partial charge in [0.25, 0.3) is 0 Å². The van der Waals surface area contributed by atoms with Crippen LogP contribution in [-0.4, -0.2) is 55.7 Å². The molecule has 1 saturated heterocycles. The van der Waals surface area contributed by atoms with Gasteiger partial charge in [0, 0.05) is 6.42 Å². The van der Waals surface area contributed by atoms with Crippen LogP contribution in [0.15, 0.2) is 22.8 Å². The Kier molecular flexibility index (Phi) is 4.09. The minimum absolute atomic E-state index is 0.0609. The van der Waals surface area contributed by atoms with Crippen molar-refractivity contribution in [2.45, 2.75) is 25.0 Å². The molecule has 1 aromatic rings. The molecule has 1 aliphatic rings. The molecule has 0 bridgehead atoms. The van der Waals surface area contributed by atoms with Crippen LogP contribution in [0.1, 0.15) is 12.2 Å². The molecule has 0 saturated carbocycles. The van der Waals surface area contributed by atoms with Crippen LogP contribution in [0.2, 0.25) is 0 Å². The van der Waals surface area contributed by atoms with E-state index in [4.69, 9.17) is 4.42 Å². The molecule has 0 aromatic carbocycles. The van der Waals surface area contributed by atoms with Crippen LogP contribution in [0.25, 0.3) is 0 Å². The summed E-state index contributed by atoms with van der Waals surface area (Å²) in [4.78, 5) is 1.93. The SMILES string of the molecule is CN(CCCc1ccco1)[C@@H]1CS(=O)(=O)C[C@H]1O. The highest BCUT2D eigenvalue weighted by molar-refractivity contribution is 7.91. The summed E-state index contributed by atoms with van der Waals surface area (Å²) in [6.07, 6.45) is 2.59. The van der Waals surface area contributed by atoms with E-state index < -0.39 is 15.9 Å². The molecule has 0 unspecified atom stereocenters. The summed E-state index contributed by atoms with van der Waals surface area (Å²) in [5.74, 6) is 0.883. The normalized spacial score (nSPS) is 26.8. The Hall–Kier alpha value is -0.850. The van der Waals surface area contributed by atoms with E-state index in [1.54, 1.807) is 6.26 Å². The van der Waals surface area contributed by atoms with Gasteiger partial charge < -0.3 is 9.52 Å². The quantitative estimate of drug-likeness (QED) is 0.835. The lowest BCUT2D eigenvalue weighted by molar-refractivity contribution is 0.0989. The highest BCUT2D eigenvalue weighted by Crippen LogP contribution is 2.17. The fourth-order valence-electron chi connectivity index (χ4n) is 2.35. The Balaban J connectivity index is 1.80. The lowest BCUT2D eigenvalue weighted by atomic mass is 10.1. The molecule has 2 atom stereocenters. The second kappa shape index (κ2) is 5.42. The number of aliphatic hydroxyl groups excluding tert-OH is 1. The Morgan fingerprint density at radius 1 is 1.50 bits per heavy atom. The smallest absolute Gasteiger partial charge is 0.154 e. The molecule has 18 heavy (non-hydrogen) atoms. The highest BCUT2D eigenvalue weighted by Gasteiger charge is 2.38. The van der Waals surface area contributed by atoms with Crippen LogP contribution in [0.4, 0.5) is 0 Å². The molecule has 2 heterocycles. The molecule has 0 spiro atoms. The van der Waals surface area contributed by atoms with Crippen LogP contribution in [0.5, 0.6) is 0 Å². The summed E-state index contributed by atoms with van der Waals surface area (Å²) in [5, 5.41) is 9.74. The summed E-state index contributed by atoms with van der Waals surface area (Å²) < 4.78 is 28.1. The van der Waals surface area contributed by atoms with Crippen molar-refractivity contribution in [2.24, 2.45) is 0 Å². The van der Waals surface area contributed by atoms with E-state index in [2.05, 4.69) is 0 Å². The van der Waals surface area contributed by atoms with E-state index in [0.29, 0.717) is 0 Å². The maximum Gasteiger partial charge on any atom is 0.154 e. The topological polar surface area (TPSA) is 70.8 Å². The third-order valence-corrected chi connectivity index (χ3v) is 5.07. The summed E-state index contributed by atoms with van der Waals surface area (Å²) in [5.41, 5.74) is 0. The van der Waals surface area contributed by atoms with Crippen molar-refractivity contribution >= 4 is 9.84 Å². The number of sulfone groups is 1. The standard InChI is InChI=1S/C12H19NO4S/c1-13(6-2-4-10-5-3-7-17-10)11-8-18(15,16)9-12(11)14/h3,5,7,11-12,14H,2,4,6,8-9H2,1H3/t11-,12-/m1/s1. The molecular formula is C12H19NO4S. The largest absolute Gasteiger partial charge is 0.469 e. The van der Waals surface area contributed by atoms with Crippen molar-refractivity contribution in [3.63, 3.8) is 0 Å². The molecule has 0 radical (unpaired) electrons. The maximum absolute atomic E-state index is 11.4. The second-order valence-corrected chi connectivity index (χ2v) is 7.03. The first-order valence-corrected chi connectivity index (χ1v) is 7.91. The van der Waals surface area contributed by atoms with Crippen molar-refractivity contribution in [2.75, 3.05) is 25.1 Å². The molecule has 1 aliphatic heterocycles. The Morgan fingerprint density at radius 3 is 2.83 bits per heavy atom. The zero-order chi connectivity index (χ0) is 13.2. The first-order chi connectivity index (χ1) is 8.48. The van der Waals surface area contributed by atoms with Gasteiger partial charge in [0.2, 0.25) is 0 Å². The van der Waals surface area contributed by atoms with Gasteiger partial charge >= 0.3 is 0 Å². The predicted molar refractivity (Wildman–Crippen MR) is 68.1 cm³/mol. The number of rotatable bonds is 5. The lowest BCUT2D eigenvalue weighted by Gasteiger charge is -2.25. The summed E-state index contributed by atoms with van der Waals surface area (Å²) in [7, 11) is -1.21. The zero-order valence-corrected chi connectivity index (χ0v) is 11.3. The van der Waals surface area contributed by atoms with E-state index in [1.165, 1.54) is 0 Å². The van der Waals surface area contributed by atoms with Crippen molar-refractivity contribution in [3.8, 4) is 0 Å². The molecule has 102 valence electrons. The predicted octanol–water partition coefficient (Wildman–Crippen LogP) is 0.302. The van der Waals surface area contributed by atoms with E-state index in [0.717, 1.165) is 25.1 Å². The van der Waals surface area contributed by atoms with Gasteiger partial charge in [-0.2, -0.15) is 0 Å². The number of nitrogens with zero attached hydrogens (tertiary/aromatic N) is 1. The van der Waals surface area contributed by atoms with E-state index in [-0.39, 0.29) is 17.5 Å².